The van der Waals surface area contributed by atoms with E-state index in [9.17, 15) is 13.2 Å². The minimum atomic E-state index is -4.02. The average molecular weight is 308 g/mol. The second-order valence-corrected chi connectivity index (χ2v) is 5.77. The van der Waals surface area contributed by atoms with E-state index in [0.29, 0.717) is 0 Å². The molecule has 0 fully saturated rings. The van der Waals surface area contributed by atoms with E-state index in [2.05, 4.69) is 0 Å². The van der Waals surface area contributed by atoms with Crippen molar-refractivity contribution >= 4 is 16.1 Å². The molecule has 0 spiro atoms. The van der Waals surface area contributed by atoms with Gasteiger partial charge in [0.1, 0.15) is 0 Å². The highest BCUT2D eigenvalue weighted by molar-refractivity contribution is 7.85. The van der Waals surface area contributed by atoms with Gasteiger partial charge in [0.25, 0.3) is 10.1 Å². The predicted octanol–water partition coefficient (Wildman–Crippen LogP) is 2.56. The van der Waals surface area contributed by atoms with Crippen LogP contribution >= 0.6 is 0 Å². The van der Waals surface area contributed by atoms with Crippen molar-refractivity contribution in [3.63, 3.8) is 0 Å². The molecule has 0 atom stereocenters. The second-order valence-electron chi connectivity index (χ2n) is 4.34. The normalized spacial score (nSPS) is 10.4. The number of hydrogen-bond acceptors (Lipinski definition) is 3. The summed E-state index contributed by atoms with van der Waals surface area (Å²) in [6, 6.07) is 15.1. The first-order chi connectivity index (χ1) is 9.79. The van der Waals surface area contributed by atoms with Crippen molar-refractivity contribution in [2.24, 2.45) is 0 Å². The largest absolute Gasteiger partial charge is 0.481 e. The molecule has 0 aliphatic carbocycles. The maximum absolute atomic E-state index is 10.5. The summed E-state index contributed by atoms with van der Waals surface area (Å²) in [5.41, 5.74) is 1.80. The van der Waals surface area contributed by atoms with Crippen molar-refractivity contribution in [2.75, 3.05) is 0 Å². The number of benzene rings is 2. The molecule has 0 aromatic heterocycles. The highest BCUT2D eigenvalue weighted by Gasteiger charge is 2.06. The van der Waals surface area contributed by atoms with Crippen molar-refractivity contribution in [3.8, 4) is 0 Å². The fraction of sp³-hybridized carbons (Fsp3) is 0.133. The molecule has 0 aliphatic heterocycles. The van der Waals surface area contributed by atoms with Gasteiger partial charge in [-0.05, 0) is 24.6 Å². The van der Waals surface area contributed by atoms with E-state index in [1.807, 2.05) is 25.1 Å². The minimum Gasteiger partial charge on any atom is -0.481 e. The van der Waals surface area contributed by atoms with Crippen molar-refractivity contribution in [3.05, 3.63) is 65.7 Å². The van der Waals surface area contributed by atoms with Crippen LogP contribution in [0, 0.1) is 6.92 Å². The van der Waals surface area contributed by atoms with E-state index >= 15 is 0 Å². The third-order valence-corrected chi connectivity index (χ3v) is 3.38. The first-order valence-electron chi connectivity index (χ1n) is 6.09. The third kappa shape index (κ3) is 6.69. The van der Waals surface area contributed by atoms with E-state index in [1.54, 1.807) is 24.3 Å². The smallest absolute Gasteiger partial charge is 0.307 e. The van der Waals surface area contributed by atoms with E-state index in [0.717, 1.165) is 11.1 Å². The van der Waals surface area contributed by atoms with Crippen LogP contribution in [0.2, 0.25) is 0 Å². The zero-order valence-corrected chi connectivity index (χ0v) is 12.2. The Morgan fingerprint density at radius 1 is 1.00 bits per heavy atom. The molecule has 0 bridgehead atoms. The molecule has 0 unspecified atom stereocenters. The SMILES string of the molecule is Cc1ccc(S(=O)(=O)O)cc1.O=C(O)Cc1ccccc1. The van der Waals surface area contributed by atoms with Gasteiger partial charge in [-0.3, -0.25) is 9.35 Å². The summed E-state index contributed by atoms with van der Waals surface area (Å²) in [7, 11) is -4.02. The number of carboxylic acid groups (broad SMARTS) is 1. The summed E-state index contributed by atoms with van der Waals surface area (Å²) in [4.78, 5) is 10.1. The highest BCUT2D eigenvalue weighted by Crippen LogP contribution is 2.08. The Morgan fingerprint density at radius 2 is 1.52 bits per heavy atom. The molecule has 0 radical (unpaired) electrons. The summed E-state index contributed by atoms with van der Waals surface area (Å²) in [5, 5.41) is 8.37. The summed E-state index contributed by atoms with van der Waals surface area (Å²) in [5.74, 6) is -0.786. The predicted molar refractivity (Wildman–Crippen MR) is 78.8 cm³/mol. The van der Waals surface area contributed by atoms with Gasteiger partial charge in [-0.15, -0.1) is 0 Å². The van der Waals surface area contributed by atoms with Gasteiger partial charge in [-0.25, -0.2) is 0 Å². The third-order valence-electron chi connectivity index (χ3n) is 2.52. The molecule has 112 valence electrons. The Morgan fingerprint density at radius 3 is 1.95 bits per heavy atom. The monoisotopic (exact) mass is 308 g/mol. The van der Waals surface area contributed by atoms with Crippen molar-refractivity contribution in [1.82, 2.24) is 0 Å². The lowest BCUT2D eigenvalue weighted by molar-refractivity contribution is -0.136. The van der Waals surface area contributed by atoms with Gasteiger partial charge in [0, 0.05) is 0 Å². The van der Waals surface area contributed by atoms with Gasteiger partial charge in [0.05, 0.1) is 11.3 Å². The standard InChI is InChI=1S/C8H8O2.C7H8O3S/c9-8(10)6-7-4-2-1-3-5-7;1-6-2-4-7(5-3-6)11(8,9)10/h1-5H,6H2,(H,9,10);2-5H,1H3,(H,8,9,10). The zero-order chi connectivity index (χ0) is 15.9. The van der Waals surface area contributed by atoms with Crippen LogP contribution in [0.5, 0.6) is 0 Å². The van der Waals surface area contributed by atoms with Gasteiger partial charge in [0.15, 0.2) is 0 Å². The van der Waals surface area contributed by atoms with Crippen LogP contribution in [0.4, 0.5) is 0 Å². The van der Waals surface area contributed by atoms with Crippen LogP contribution in [-0.4, -0.2) is 24.0 Å². The summed E-state index contributed by atoms with van der Waals surface area (Å²) < 4.78 is 29.6. The van der Waals surface area contributed by atoms with Crippen LogP contribution in [0.25, 0.3) is 0 Å². The van der Waals surface area contributed by atoms with Crippen LogP contribution in [0.15, 0.2) is 59.5 Å². The molecule has 0 aliphatic rings. The molecule has 2 aromatic carbocycles. The van der Waals surface area contributed by atoms with Gasteiger partial charge < -0.3 is 5.11 Å². The number of hydrogen-bond donors (Lipinski definition) is 2. The number of rotatable bonds is 3. The summed E-state index contributed by atoms with van der Waals surface area (Å²) in [6.07, 6.45) is 0.112. The molecule has 5 nitrogen and oxygen atoms in total. The Bertz CT molecular complexity index is 676. The van der Waals surface area contributed by atoms with E-state index in [4.69, 9.17) is 9.66 Å². The molecule has 2 N–H and O–H groups in total. The molecule has 21 heavy (non-hydrogen) atoms. The van der Waals surface area contributed by atoms with E-state index in [1.165, 1.54) is 12.1 Å². The average Bonchev–Trinajstić information content (AvgIpc) is 2.39. The molecule has 0 saturated heterocycles. The molecule has 0 heterocycles. The lowest BCUT2D eigenvalue weighted by atomic mass is 10.2. The van der Waals surface area contributed by atoms with Gasteiger partial charge in [0.2, 0.25) is 0 Å². The van der Waals surface area contributed by atoms with Crippen LogP contribution in [0.3, 0.4) is 0 Å². The van der Waals surface area contributed by atoms with Crippen molar-refractivity contribution < 1.29 is 22.9 Å². The molecule has 2 rings (SSSR count). The van der Waals surface area contributed by atoms with Crippen molar-refractivity contribution in [1.29, 1.82) is 0 Å². The minimum absolute atomic E-state index is 0.0666. The fourth-order valence-electron chi connectivity index (χ4n) is 1.48. The Hall–Kier alpha value is -2.18. The molecule has 6 heteroatoms. The van der Waals surface area contributed by atoms with Gasteiger partial charge in [-0.1, -0.05) is 48.0 Å². The van der Waals surface area contributed by atoms with Gasteiger partial charge >= 0.3 is 5.97 Å². The van der Waals surface area contributed by atoms with E-state index in [-0.39, 0.29) is 11.3 Å². The lowest BCUT2D eigenvalue weighted by Gasteiger charge is -1.95. The molecule has 0 saturated carbocycles. The lowest BCUT2D eigenvalue weighted by Crippen LogP contribution is -1.98. The highest BCUT2D eigenvalue weighted by atomic mass is 32.2. The quantitative estimate of drug-likeness (QED) is 0.850. The maximum atomic E-state index is 10.5. The zero-order valence-electron chi connectivity index (χ0n) is 11.4. The Balaban J connectivity index is 0.000000211. The summed E-state index contributed by atoms with van der Waals surface area (Å²) >= 11 is 0. The topological polar surface area (TPSA) is 91.7 Å². The van der Waals surface area contributed by atoms with Crippen LogP contribution in [-0.2, 0) is 21.3 Å². The summed E-state index contributed by atoms with van der Waals surface area (Å²) in [6.45, 7) is 1.84. The molecule has 2 aromatic rings. The van der Waals surface area contributed by atoms with Gasteiger partial charge in [-0.2, -0.15) is 8.42 Å². The molecular weight excluding hydrogens is 292 g/mol. The number of aryl methyl sites for hydroxylation is 1. The second kappa shape index (κ2) is 7.56. The molecular formula is C15H16O5S. The maximum Gasteiger partial charge on any atom is 0.307 e. The number of carboxylic acids is 1. The number of aliphatic carboxylic acids is 1. The first kappa shape index (κ1) is 16.9. The fourth-order valence-corrected chi connectivity index (χ4v) is 1.96. The Labute approximate surface area is 123 Å². The van der Waals surface area contributed by atoms with Crippen LogP contribution in [0.1, 0.15) is 11.1 Å². The first-order valence-corrected chi connectivity index (χ1v) is 7.53. The van der Waals surface area contributed by atoms with E-state index < -0.39 is 16.1 Å². The molecule has 0 amide bonds. The van der Waals surface area contributed by atoms with Crippen LogP contribution < -0.4 is 0 Å². The van der Waals surface area contributed by atoms with Crippen molar-refractivity contribution in [2.45, 2.75) is 18.2 Å². The number of carbonyl (C=O) groups is 1. The Kier molecular flexibility index (Phi) is 6.08.